The van der Waals surface area contributed by atoms with Crippen molar-refractivity contribution in [3.8, 4) is 0 Å². The van der Waals surface area contributed by atoms with Crippen LogP contribution in [0.3, 0.4) is 0 Å². The second kappa shape index (κ2) is 6.60. The molecule has 6 rings (SSSR count). The second-order valence-corrected chi connectivity index (χ2v) is 15.4. The molecule has 0 N–H and O–H groups in total. The van der Waals surface area contributed by atoms with E-state index >= 15 is 0 Å². The van der Waals surface area contributed by atoms with Crippen LogP contribution in [0.5, 0.6) is 0 Å². The molecule has 0 radical (unpaired) electrons. The molecule has 3 nitrogen and oxygen atoms in total. The first-order valence-corrected chi connectivity index (χ1v) is 14.4. The van der Waals surface area contributed by atoms with Crippen molar-refractivity contribution in [1.29, 1.82) is 0 Å². The number of rotatable bonds is 1. The predicted octanol–water partition coefficient (Wildman–Crippen LogP) is 8.27. The third-order valence-corrected chi connectivity index (χ3v) is 13.8. The lowest BCUT2D eigenvalue weighted by atomic mass is 9.32. The standard InChI is InChI=1S/C30H50O3/c1-20(2)29-18-16-28(8)23-11-10-22-25(5)14-9-13-24(3,4)21(25)12-15-26(22,6)27(23,7)17-19-30(28,31-29)33-32-29/h20-23H,9-19H2,1-8H3/t21-,22+,23-,25-,26+,27+,28+,29?,30-/m0/s1. The molecule has 33 heavy (non-hydrogen) atoms. The minimum atomic E-state index is -0.545. The van der Waals surface area contributed by atoms with E-state index in [2.05, 4.69) is 55.4 Å². The molecule has 2 aliphatic heterocycles. The molecule has 4 saturated carbocycles. The van der Waals surface area contributed by atoms with Crippen LogP contribution in [0.4, 0.5) is 0 Å². The van der Waals surface area contributed by atoms with Gasteiger partial charge in [0.1, 0.15) is 0 Å². The van der Waals surface area contributed by atoms with Gasteiger partial charge in [0.25, 0.3) is 0 Å². The van der Waals surface area contributed by atoms with Crippen molar-refractivity contribution in [2.75, 3.05) is 0 Å². The lowest BCUT2D eigenvalue weighted by Crippen LogP contribution is -2.70. The Bertz CT molecular complexity index is 836. The maximum atomic E-state index is 6.89. The summed E-state index contributed by atoms with van der Waals surface area (Å²) in [7, 11) is 0. The van der Waals surface area contributed by atoms with E-state index in [-0.39, 0.29) is 5.41 Å². The number of fused-ring (bicyclic) bond motifs is 7. The summed E-state index contributed by atoms with van der Waals surface area (Å²) in [6.07, 6.45) is 14.2. The van der Waals surface area contributed by atoms with Gasteiger partial charge in [-0.25, -0.2) is 0 Å². The van der Waals surface area contributed by atoms with Crippen LogP contribution in [0.2, 0.25) is 0 Å². The van der Waals surface area contributed by atoms with Crippen LogP contribution in [0.1, 0.15) is 126 Å². The Kier molecular flexibility index (Phi) is 4.66. The fraction of sp³-hybridized carbons (Fsp3) is 1.00. The Labute approximate surface area is 203 Å². The van der Waals surface area contributed by atoms with Crippen molar-refractivity contribution in [2.24, 2.45) is 50.7 Å². The maximum Gasteiger partial charge on any atom is 0.210 e. The summed E-state index contributed by atoms with van der Waals surface area (Å²) in [4.78, 5) is 12.4. The van der Waals surface area contributed by atoms with Crippen LogP contribution in [-0.2, 0) is 14.5 Å². The minimum absolute atomic E-state index is 0.0342. The molecule has 9 atom stereocenters. The molecular formula is C30H50O3. The molecule has 2 heterocycles. The highest BCUT2D eigenvalue weighted by Gasteiger charge is 2.76. The predicted molar refractivity (Wildman–Crippen MR) is 131 cm³/mol. The van der Waals surface area contributed by atoms with Crippen LogP contribution in [0, 0.1) is 50.7 Å². The summed E-state index contributed by atoms with van der Waals surface area (Å²) in [5, 5.41) is 0. The second-order valence-electron chi connectivity index (χ2n) is 15.4. The lowest BCUT2D eigenvalue weighted by Gasteiger charge is -2.74. The van der Waals surface area contributed by atoms with Crippen LogP contribution in [0.15, 0.2) is 0 Å². The highest BCUT2D eigenvalue weighted by molar-refractivity contribution is 5.20. The van der Waals surface area contributed by atoms with Gasteiger partial charge in [-0.3, -0.25) is 0 Å². The zero-order chi connectivity index (χ0) is 23.7. The Morgan fingerprint density at radius 3 is 2.00 bits per heavy atom. The van der Waals surface area contributed by atoms with Gasteiger partial charge < -0.3 is 4.74 Å². The van der Waals surface area contributed by atoms with Crippen molar-refractivity contribution in [3.63, 3.8) is 0 Å². The molecule has 188 valence electrons. The van der Waals surface area contributed by atoms with Crippen LogP contribution in [-0.4, -0.2) is 11.6 Å². The highest BCUT2D eigenvalue weighted by Crippen LogP contribution is 2.78. The molecule has 1 spiro atoms. The Morgan fingerprint density at radius 1 is 0.606 bits per heavy atom. The smallest absolute Gasteiger partial charge is 0.210 e. The van der Waals surface area contributed by atoms with Gasteiger partial charge in [0.05, 0.1) is 0 Å². The highest BCUT2D eigenvalue weighted by atomic mass is 17.3. The molecular weight excluding hydrogens is 408 g/mol. The fourth-order valence-corrected chi connectivity index (χ4v) is 11.6. The van der Waals surface area contributed by atoms with E-state index in [0.717, 1.165) is 24.7 Å². The van der Waals surface area contributed by atoms with Crippen molar-refractivity contribution < 1.29 is 14.5 Å². The van der Waals surface area contributed by atoms with E-state index in [1.54, 1.807) is 0 Å². The maximum absolute atomic E-state index is 6.89. The zero-order valence-electron chi connectivity index (χ0n) is 22.8. The van der Waals surface area contributed by atoms with E-state index in [9.17, 15) is 0 Å². The van der Waals surface area contributed by atoms with E-state index in [4.69, 9.17) is 14.5 Å². The number of hydrogen-bond donors (Lipinski definition) is 0. The first-order valence-electron chi connectivity index (χ1n) is 14.4. The lowest BCUT2D eigenvalue weighted by molar-refractivity contribution is -0.391. The summed E-state index contributed by atoms with van der Waals surface area (Å²) in [5.74, 6) is 1.61. The molecule has 2 saturated heterocycles. The Balaban J connectivity index is 1.38. The molecule has 0 aromatic heterocycles. The fourth-order valence-electron chi connectivity index (χ4n) is 11.6. The molecule has 3 heteroatoms. The van der Waals surface area contributed by atoms with Gasteiger partial charge in [0.15, 0.2) is 0 Å². The van der Waals surface area contributed by atoms with Gasteiger partial charge in [-0.05, 0) is 90.8 Å². The first kappa shape index (κ1) is 23.3. The molecule has 0 aromatic rings. The Morgan fingerprint density at radius 2 is 1.27 bits per heavy atom. The normalized spacial score (nSPS) is 59.4. The SMILES string of the molecule is CC(C)C12CC[C@]3(C)[C@H]4CC[C@@H]5[C@@]6(C)CCCC(C)(C)[C@@H]6CC[C@@]5(C)[C@]4(C)CC[C@@]3(OO1)O2. The van der Waals surface area contributed by atoms with Gasteiger partial charge in [-0.1, -0.05) is 61.8 Å². The number of hydrogen-bond acceptors (Lipinski definition) is 3. The molecule has 6 fully saturated rings. The first-order chi connectivity index (χ1) is 15.3. The molecule has 0 amide bonds. The minimum Gasteiger partial charge on any atom is -0.311 e. The molecule has 6 aliphatic rings. The summed E-state index contributed by atoms with van der Waals surface area (Å²) < 4.78 is 6.89. The number of ether oxygens (including phenoxy) is 1. The van der Waals surface area contributed by atoms with Gasteiger partial charge in [-0.15, -0.1) is 0 Å². The van der Waals surface area contributed by atoms with Crippen molar-refractivity contribution >= 4 is 0 Å². The van der Waals surface area contributed by atoms with Crippen LogP contribution >= 0.6 is 0 Å². The largest absolute Gasteiger partial charge is 0.311 e. The van der Waals surface area contributed by atoms with Crippen LogP contribution in [0.25, 0.3) is 0 Å². The van der Waals surface area contributed by atoms with E-state index in [0.29, 0.717) is 33.5 Å². The van der Waals surface area contributed by atoms with Crippen molar-refractivity contribution in [3.05, 3.63) is 0 Å². The average molecular weight is 459 g/mol. The van der Waals surface area contributed by atoms with Gasteiger partial charge in [-0.2, -0.15) is 9.78 Å². The van der Waals surface area contributed by atoms with Crippen molar-refractivity contribution in [2.45, 2.75) is 138 Å². The van der Waals surface area contributed by atoms with Gasteiger partial charge >= 0.3 is 0 Å². The third kappa shape index (κ3) is 2.54. The van der Waals surface area contributed by atoms with E-state index in [1.165, 1.54) is 57.8 Å². The Hall–Kier alpha value is -0.120. The topological polar surface area (TPSA) is 27.7 Å². The van der Waals surface area contributed by atoms with Gasteiger partial charge in [0.2, 0.25) is 11.6 Å². The summed E-state index contributed by atoms with van der Waals surface area (Å²) in [6, 6.07) is 0. The van der Waals surface area contributed by atoms with E-state index in [1.807, 2.05) is 0 Å². The summed E-state index contributed by atoms with van der Waals surface area (Å²) in [6.45, 7) is 20.2. The zero-order valence-corrected chi connectivity index (χ0v) is 22.8. The molecule has 0 aromatic carbocycles. The summed E-state index contributed by atoms with van der Waals surface area (Å²) in [5.41, 5.74) is 1.79. The van der Waals surface area contributed by atoms with Gasteiger partial charge in [0, 0.05) is 24.2 Å². The van der Waals surface area contributed by atoms with Crippen LogP contribution < -0.4 is 0 Å². The molecule has 2 bridgehead atoms. The quantitative estimate of drug-likeness (QED) is 0.370. The third-order valence-electron chi connectivity index (χ3n) is 13.8. The average Bonchev–Trinajstić information content (AvgIpc) is 3.07. The molecule has 4 aliphatic carbocycles. The summed E-state index contributed by atoms with van der Waals surface area (Å²) >= 11 is 0. The van der Waals surface area contributed by atoms with E-state index < -0.39 is 11.6 Å². The monoisotopic (exact) mass is 458 g/mol. The molecule has 1 unspecified atom stereocenters. The van der Waals surface area contributed by atoms with Crippen molar-refractivity contribution in [1.82, 2.24) is 0 Å².